The molecule has 0 aromatic carbocycles. The summed E-state index contributed by atoms with van der Waals surface area (Å²) in [5, 5.41) is 0. The fourth-order valence-corrected chi connectivity index (χ4v) is 1.99. The molecule has 1 unspecified atom stereocenters. The lowest BCUT2D eigenvalue weighted by molar-refractivity contribution is -0.136. The molecule has 94 valence electrons. The first-order chi connectivity index (χ1) is 7.69. The van der Waals surface area contributed by atoms with Gasteiger partial charge in [-0.25, -0.2) is 0 Å². The minimum absolute atomic E-state index is 0.176. The molecule has 4 heteroatoms. The molecule has 1 amide bonds. The number of carbonyl (C=O) groups excluding carboxylic acids is 1. The van der Waals surface area contributed by atoms with Crippen LogP contribution >= 0.6 is 0 Å². The summed E-state index contributed by atoms with van der Waals surface area (Å²) in [7, 11) is 0. The Labute approximate surface area is 98.8 Å². The molecule has 0 saturated carbocycles. The van der Waals surface area contributed by atoms with Crippen molar-refractivity contribution in [3.05, 3.63) is 0 Å². The van der Waals surface area contributed by atoms with E-state index in [0.717, 1.165) is 52.1 Å². The molecule has 1 saturated heterocycles. The Bertz CT molecular complexity index is 212. The van der Waals surface area contributed by atoms with Crippen LogP contribution < -0.4 is 5.73 Å². The van der Waals surface area contributed by atoms with E-state index in [9.17, 15) is 4.79 Å². The number of hydrogen-bond acceptors (Lipinski definition) is 3. The lowest BCUT2D eigenvalue weighted by Crippen LogP contribution is -2.50. The maximum atomic E-state index is 11.9. The summed E-state index contributed by atoms with van der Waals surface area (Å²) in [5.74, 6) is 0.497. The average Bonchev–Trinajstić information content (AvgIpc) is 2.35. The molecule has 2 N–H and O–H groups in total. The van der Waals surface area contributed by atoms with E-state index in [-0.39, 0.29) is 5.92 Å². The highest BCUT2D eigenvalue weighted by atomic mass is 16.2. The zero-order chi connectivity index (χ0) is 12.0. The molecular formula is C12H25N3O. The van der Waals surface area contributed by atoms with Crippen LogP contribution in [0.3, 0.4) is 0 Å². The van der Waals surface area contributed by atoms with Crippen molar-refractivity contribution in [3.63, 3.8) is 0 Å². The molecule has 0 bridgehead atoms. The van der Waals surface area contributed by atoms with Gasteiger partial charge < -0.3 is 10.6 Å². The molecule has 1 fully saturated rings. The maximum absolute atomic E-state index is 11.9. The van der Waals surface area contributed by atoms with Crippen molar-refractivity contribution in [2.75, 3.05) is 39.3 Å². The predicted octanol–water partition coefficient (Wildman–Crippen LogP) is 0.526. The molecular weight excluding hydrogens is 202 g/mol. The topological polar surface area (TPSA) is 49.6 Å². The minimum Gasteiger partial charge on any atom is -0.340 e. The summed E-state index contributed by atoms with van der Waals surface area (Å²) in [6, 6.07) is 0. The third-order valence-corrected chi connectivity index (χ3v) is 3.40. The van der Waals surface area contributed by atoms with Gasteiger partial charge in [0.25, 0.3) is 0 Å². The van der Waals surface area contributed by atoms with E-state index in [1.807, 2.05) is 11.8 Å². The average molecular weight is 227 g/mol. The summed E-state index contributed by atoms with van der Waals surface area (Å²) in [6.07, 6.45) is 1.99. The fourth-order valence-electron chi connectivity index (χ4n) is 1.99. The SMILES string of the molecule is CCC(C)C(=O)N1CCN(CCCN)CC1. The molecule has 0 aromatic heterocycles. The molecule has 0 aromatic rings. The fraction of sp³-hybridized carbons (Fsp3) is 0.917. The van der Waals surface area contributed by atoms with Crippen LogP contribution in [0, 0.1) is 5.92 Å². The summed E-state index contributed by atoms with van der Waals surface area (Å²) >= 11 is 0. The van der Waals surface area contributed by atoms with Crippen molar-refractivity contribution >= 4 is 5.91 Å². The van der Waals surface area contributed by atoms with Gasteiger partial charge in [0.2, 0.25) is 5.91 Å². The van der Waals surface area contributed by atoms with E-state index in [2.05, 4.69) is 11.8 Å². The van der Waals surface area contributed by atoms with Crippen LogP contribution in [0.4, 0.5) is 0 Å². The minimum atomic E-state index is 0.176. The Balaban J connectivity index is 2.28. The van der Waals surface area contributed by atoms with Gasteiger partial charge in [0, 0.05) is 32.1 Å². The van der Waals surface area contributed by atoms with Gasteiger partial charge in [-0.1, -0.05) is 13.8 Å². The number of nitrogens with zero attached hydrogens (tertiary/aromatic N) is 2. The standard InChI is InChI=1S/C12H25N3O/c1-3-11(2)12(16)15-9-7-14(8-10-15)6-4-5-13/h11H,3-10,13H2,1-2H3. The van der Waals surface area contributed by atoms with Crippen LogP contribution in [0.15, 0.2) is 0 Å². The van der Waals surface area contributed by atoms with Crippen LogP contribution in [-0.2, 0) is 4.79 Å². The molecule has 1 rings (SSSR count). The number of amides is 1. The molecule has 4 nitrogen and oxygen atoms in total. The molecule has 0 radical (unpaired) electrons. The van der Waals surface area contributed by atoms with E-state index in [1.165, 1.54) is 0 Å². The van der Waals surface area contributed by atoms with Gasteiger partial charge in [-0.3, -0.25) is 9.69 Å². The smallest absolute Gasteiger partial charge is 0.225 e. The lowest BCUT2D eigenvalue weighted by atomic mass is 10.1. The number of hydrogen-bond donors (Lipinski definition) is 1. The Morgan fingerprint density at radius 1 is 1.31 bits per heavy atom. The third kappa shape index (κ3) is 3.76. The molecule has 0 aliphatic carbocycles. The van der Waals surface area contributed by atoms with E-state index in [4.69, 9.17) is 5.73 Å². The largest absolute Gasteiger partial charge is 0.340 e. The molecule has 0 spiro atoms. The van der Waals surface area contributed by atoms with Crippen LogP contribution in [0.25, 0.3) is 0 Å². The molecule has 1 atom stereocenters. The Hall–Kier alpha value is -0.610. The van der Waals surface area contributed by atoms with Crippen LogP contribution in [0.5, 0.6) is 0 Å². The monoisotopic (exact) mass is 227 g/mol. The summed E-state index contributed by atoms with van der Waals surface area (Å²) in [6.45, 7) is 9.68. The van der Waals surface area contributed by atoms with Gasteiger partial charge >= 0.3 is 0 Å². The van der Waals surface area contributed by atoms with E-state index < -0.39 is 0 Å². The van der Waals surface area contributed by atoms with Gasteiger partial charge in [0.15, 0.2) is 0 Å². The number of rotatable bonds is 5. The van der Waals surface area contributed by atoms with Gasteiger partial charge in [-0.2, -0.15) is 0 Å². The second-order valence-corrected chi connectivity index (χ2v) is 4.62. The first-order valence-corrected chi connectivity index (χ1v) is 6.40. The molecule has 1 heterocycles. The van der Waals surface area contributed by atoms with Gasteiger partial charge in [-0.15, -0.1) is 0 Å². The summed E-state index contributed by atoms with van der Waals surface area (Å²) in [5.41, 5.74) is 5.49. The zero-order valence-corrected chi connectivity index (χ0v) is 10.6. The van der Waals surface area contributed by atoms with Gasteiger partial charge in [0.05, 0.1) is 0 Å². The Kier molecular flexibility index (Phi) is 5.77. The number of nitrogens with two attached hydrogens (primary N) is 1. The van der Waals surface area contributed by atoms with E-state index in [1.54, 1.807) is 0 Å². The van der Waals surface area contributed by atoms with Crippen molar-refractivity contribution in [2.24, 2.45) is 11.7 Å². The quantitative estimate of drug-likeness (QED) is 0.745. The first kappa shape index (κ1) is 13.5. The van der Waals surface area contributed by atoms with Crippen molar-refractivity contribution in [1.82, 2.24) is 9.80 Å². The first-order valence-electron chi connectivity index (χ1n) is 6.40. The zero-order valence-electron chi connectivity index (χ0n) is 10.6. The van der Waals surface area contributed by atoms with Crippen molar-refractivity contribution in [2.45, 2.75) is 26.7 Å². The Morgan fingerprint density at radius 3 is 2.44 bits per heavy atom. The molecule has 1 aliphatic rings. The van der Waals surface area contributed by atoms with Crippen molar-refractivity contribution in [1.29, 1.82) is 0 Å². The van der Waals surface area contributed by atoms with Crippen molar-refractivity contribution in [3.8, 4) is 0 Å². The highest BCUT2D eigenvalue weighted by Crippen LogP contribution is 2.10. The molecule has 1 aliphatic heterocycles. The molecule has 16 heavy (non-hydrogen) atoms. The second kappa shape index (κ2) is 6.86. The highest BCUT2D eigenvalue weighted by molar-refractivity contribution is 5.78. The van der Waals surface area contributed by atoms with Crippen LogP contribution in [0.2, 0.25) is 0 Å². The van der Waals surface area contributed by atoms with Crippen LogP contribution in [0.1, 0.15) is 26.7 Å². The van der Waals surface area contributed by atoms with E-state index >= 15 is 0 Å². The van der Waals surface area contributed by atoms with Gasteiger partial charge in [-0.05, 0) is 25.9 Å². The highest BCUT2D eigenvalue weighted by Gasteiger charge is 2.23. The Morgan fingerprint density at radius 2 is 1.94 bits per heavy atom. The summed E-state index contributed by atoms with van der Waals surface area (Å²) < 4.78 is 0. The van der Waals surface area contributed by atoms with E-state index in [0.29, 0.717) is 5.91 Å². The van der Waals surface area contributed by atoms with Gasteiger partial charge in [0.1, 0.15) is 0 Å². The predicted molar refractivity (Wildman–Crippen MR) is 66.1 cm³/mol. The summed E-state index contributed by atoms with van der Waals surface area (Å²) in [4.78, 5) is 16.3. The normalized spacial score (nSPS) is 19.8. The van der Waals surface area contributed by atoms with Crippen molar-refractivity contribution < 1.29 is 4.79 Å². The number of carbonyl (C=O) groups is 1. The second-order valence-electron chi connectivity index (χ2n) is 4.62. The number of piperazine rings is 1. The maximum Gasteiger partial charge on any atom is 0.225 e. The third-order valence-electron chi connectivity index (χ3n) is 3.40. The lowest BCUT2D eigenvalue weighted by Gasteiger charge is -2.35. The van der Waals surface area contributed by atoms with Crippen LogP contribution in [-0.4, -0.2) is 55.0 Å².